The van der Waals surface area contributed by atoms with Gasteiger partial charge in [-0.3, -0.25) is 14.3 Å². The second-order valence-electron chi connectivity index (χ2n) is 6.81. The first kappa shape index (κ1) is 22.0. The molecule has 0 radical (unpaired) electrons. The van der Waals surface area contributed by atoms with E-state index >= 15 is 0 Å². The Bertz CT molecular complexity index is 1130. The van der Waals surface area contributed by atoms with Crippen molar-refractivity contribution in [2.75, 3.05) is 10.6 Å². The van der Waals surface area contributed by atoms with E-state index in [2.05, 4.69) is 31.7 Å². The molecular formula is C21H19BrClFN4O2. The molecule has 1 unspecified atom stereocenters. The molecule has 9 heteroatoms. The molecule has 0 fully saturated rings. The number of aryl methyl sites for hydroxylation is 2. The van der Waals surface area contributed by atoms with E-state index in [4.69, 9.17) is 11.6 Å². The number of amides is 2. The van der Waals surface area contributed by atoms with Crippen LogP contribution >= 0.6 is 27.5 Å². The van der Waals surface area contributed by atoms with Crippen molar-refractivity contribution < 1.29 is 14.0 Å². The Hall–Kier alpha value is -2.71. The zero-order valence-electron chi connectivity index (χ0n) is 16.5. The zero-order chi connectivity index (χ0) is 22.0. The van der Waals surface area contributed by atoms with Gasteiger partial charge in [0.1, 0.15) is 11.9 Å². The van der Waals surface area contributed by atoms with Crippen LogP contribution in [0.2, 0.25) is 5.02 Å². The van der Waals surface area contributed by atoms with Crippen LogP contribution in [0.1, 0.15) is 34.7 Å². The molecule has 2 amide bonds. The molecular weight excluding hydrogens is 475 g/mol. The number of aromatic nitrogens is 2. The predicted molar refractivity (Wildman–Crippen MR) is 119 cm³/mol. The fourth-order valence-electron chi connectivity index (χ4n) is 2.95. The minimum Gasteiger partial charge on any atom is -0.323 e. The number of hydrogen-bond acceptors (Lipinski definition) is 3. The number of benzene rings is 2. The van der Waals surface area contributed by atoms with Gasteiger partial charge in [0.2, 0.25) is 5.91 Å². The van der Waals surface area contributed by atoms with Gasteiger partial charge in [0, 0.05) is 15.9 Å². The van der Waals surface area contributed by atoms with Crippen LogP contribution in [-0.2, 0) is 4.79 Å². The molecule has 0 aliphatic rings. The molecule has 3 aromatic rings. The number of nitrogens with one attached hydrogen (secondary N) is 2. The molecule has 2 aromatic carbocycles. The summed E-state index contributed by atoms with van der Waals surface area (Å²) in [6, 6.07) is 10.1. The molecule has 156 valence electrons. The van der Waals surface area contributed by atoms with Gasteiger partial charge in [-0.2, -0.15) is 5.10 Å². The Morgan fingerprint density at radius 3 is 2.50 bits per heavy atom. The molecule has 1 atom stereocenters. The van der Waals surface area contributed by atoms with Crippen LogP contribution in [0.5, 0.6) is 0 Å². The SMILES string of the molecule is Cc1cc(C)n(C(C)C(=O)Nc2ccc(NC(=O)c3cc(Br)ccc3F)cc2Cl)n1. The summed E-state index contributed by atoms with van der Waals surface area (Å²) in [5.74, 6) is -1.53. The fraction of sp³-hybridized carbons (Fsp3) is 0.190. The largest absolute Gasteiger partial charge is 0.323 e. The molecule has 0 aliphatic carbocycles. The van der Waals surface area contributed by atoms with E-state index in [-0.39, 0.29) is 16.5 Å². The van der Waals surface area contributed by atoms with Gasteiger partial charge in [-0.15, -0.1) is 0 Å². The summed E-state index contributed by atoms with van der Waals surface area (Å²) >= 11 is 9.49. The van der Waals surface area contributed by atoms with Crippen molar-refractivity contribution in [1.29, 1.82) is 0 Å². The molecule has 2 N–H and O–H groups in total. The van der Waals surface area contributed by atoms with E-state index in [1.165, 1.54) is 24.3 Å². The third-order valence-electron chi connectivity index (χ3n) is 4.45. The molecule has 0 saturated carbocycles. The maximum atomic E-state index is 13.9. The van der Waals surface area contributed by atoms with Gasteiger partial charge in [0.15, 0.2) is 0 Å². The van der Waals surface area contributed by atoms with Crippen LogP contribution in [0.4, 0.5) is 15.8 Å². The minimum atomic E-state index is -0.635. The van der Waals surface area contributed by atoms with Gasteiger partial charge in [0.25, 0.3) is 5.91 Å². The van der Waals surface area contributed by atoms with Crippen LogP contribution in [0.25, 0.3) is 0 Å². The van der Waals surface area contributed by atoms with Crippen molar-refractivity contribution in [3.05, 3.63) is 74.7 Å². The van der Waals surface area contributed by atoms with Crippen molar-refractivity contribution in [3.8, 4) is 0 Å². The lowest BCUT2D eigenvalue weighted by Gasteiger charge is -2.16. The molecule has 0 bridgehead atoms. The molecule has 0 saturated heterocycles. The summed E-state index contributed by atoms with van der Waals surface area (Å²) in [6.07, 6.45) is 0. The molecule has 1 heterocycles. The second kappa shape index (κ2) is 8.97. The van der Waals surface area contributed by atoms with E-state index < -0.39 is 17.8 Å². The number of carbonyl (C=O) groups excluding carboxylic acids is 2. The lowest BCUT2D eigenvalue weighted by Crippen LogP contribution is -2.25. The van der Waals surface area contributed by atoms with Crippen molar-refractivity contribution in [1.82, 2.24) is 9.78 Å². The first-order valence-corrected chi connectivity index (χ1v) is 10.2. The average Bonchev–Trinajstić information content (AvgIpc) is 3.03. The highest BCUT2D eigenvalue weighted by atomic mass is 79.9. The highest BCUT2D eigenvalue weighted by Crippen LogP contribution is 2.27. The predicted octanol–water partition coefficient (Wildman–Crippen LogP) is 5.51. The van der Waals surface area contributed by atoms with Crippen molar-refractivity contribution in [2.45, 2.75) is 26.8 Å². The maximum absolute atomic E-state index is 13.9. The van der Waals surface area contributed by atoms with Crippen molar-refractivity contribution in [2.24, 2.45) is 0 Å². The molecule has 6 nitrogen and oxygen atoms in total. The summed E-state index contributed by atoms with van der Waals surface area (Å²) in [7, 11) is 0. The quantitative estimate of drug-likeness (QED) is 0.492. The topological polar surface area (TPSA) is 76.0 Å². The molecule has 1 aromatic heterocycles. The molecule has 0 aliphatic heterocycles. The lowest BCUT2D eigenvalue weighted by molar-refractivity contribution is -0.119. The third kappa shape index (κ3) is 4.88. The Morgan fingerprint density at radius 1 is 1.13 bits per heavy atom. The summed E-state index contributed by atoms with van der Waals surface area (Å²) in [5, 5.41) is 9.92. The van der Waals surface area contributed by atoms with Gasteiger partial charge < -0.3 is 10.6 Å². The monoisotopic (exact) mass is 492 g/mol. The highest BCUT2D eigenvalue weighted by Gasteiger charge is 2.19. The summed E-state index contributed by atoms with van der Waals surface area (Å²) < 4.78 is 16.1. The average molecular weight is 494 g/mol. The van der Waals surface area contributed by atoms with Crippen LogP contribution in [0.15, 0.2) is 46.9 Å². The Labute approximate surface area is 186 Å². The number of halogens is 3. The molecule has 3 rings (SSSR count). The normalized spacial score (nSPS) is 11.8. The van der Waals surface area contributed by atoms with Gasteiger partial charge in [-0.1, -0.05) is 27.5 Å². The van der Waals surface area contributed by atoms with Crippen LogP contribution in [0.3, 0.4) is 0 Å². The van der Waals surface area contributed by atoms with Crippen LogP contribution in [0, 0.1) is 19.7 Å². The summed E-state index contributed by atoms with van der Waals surface area (Å²) in [4.78, 5) is 24.9. The van der Waals surface area contributed by atoms with E-state index in [1.807, 2.05) is 19.9 Å². The highest BCUT2D eigenvalue weighted by molar-refractivity contribution is 9.10. The van der Waals surface area contributed by atoms with Gasteiger partial charge in [0.05, 0.1) is 22.0 Å². The number of hydrogen-bond donors (Lipinski definition) is 2. The molecule has 30 heavy (non-hydrogen) atoms. The van der Waals surface area contributed by atoms with E-state index in [1.54, 1.807) is 23.7 Å². The van der Waals surface area contributed by atoms with Crippen LogP contribution in [-0.4, -0.2) is 21.6 Å². The third-order valence-corrected chi connectivity index (χ3v) is 5.25. The van der Waals surface area contributed by atoms with Gasteiger partial charge in [-0.05, 0) is 63.2 Å². The second-order valence-corrected chi connectivity index (χ2v) is 8.13. The standard InChI is InChI=1S/C21H19BrClFN4O2/c1-11-8-12(2)28(27-11)13(3)20(29)26-19-7-5-15(10-17(19)23)25-21(30)16-9-14(22)4-6-18(16)24/h4-10,13H,1-3H3,(H,25,30)(H,26,29). The Balaban J connectivity index is 1.72. The van der Waals surface area contributed by atoms with Crippen molar-refractivity contribution in [3.63, 3.8) is 0 Å². The lowest BCUT2D eigenvalue weighted by atomic mass is 10.2. The Morgan fingerprint density at radius 2 is 1.87 bits per heavy atom. The van der Waals surface area contributed by atoms with Gasteiger partial charge in [-0.25, -0.2) is 4.39 Å². The fourth-order valence-corrected chi connectivity index (χ4v) is 3.54. The van der Waals surface area contributed by atoms with E-state index in [9.17, 15) is 14.0 Å². The van der Waals surface area contributed by atoms with E-state index in [0.717, 1.165) is 11.4 Å². The first-order valence-electron chi connectivity index (χ1n) is 9.05. The van der Waals surface area contributed by atoms with Crippen LogP contribution < -0.4 is 10.6 Å². The Kier molecular flexibility index (Phi) is 6.58. The smallest absolute Gasteiger partial charge is 0.258 e. The van der Waals surface area contributed by atoms with Crippen molar-refractivity contribution >= 4 is 50.7 Å². The molecule has 0 spiro atoms. The zero-order valence-corrected chi connectivity index (χ0v) is 18.8. The van der Waals surface area contributed by atoms with Gasteiger partial charge >= 0.3 is 0 Å². The first-order chi connectivity index (χ1) is 14.2. The number of nitrogens with zero attached hydrogens (tertiary/aromatic N) is 2. The number of carbonyl (C=O) groups is 2. The summed E-state index contributed by atoms with van der Waals surface area (Å²) in [6.45, 7) is 5.48. The number of rotatable bonds is 5. The minimum absolute atomic E-state index is 0.100. The number of anilines is 2. The summed E-state index contributed by atoms with van der Waals surface area (Å²) in [5.41, 5.74) is 2.36. The van der Waals surface area contributed by atoms with E-state index in [0.29, 0.717) is 15.8 Å². The maximum Gasteiger partial charge on any atom is 0.258 e.